The van der Waals surface area contributed by atoms with Crippen molar-refractivity contribution in [2.75, 3.05) is 13.2 Å². The summed E-state index contributed by atoms with van der Waals surface area (Å²) < 4.78 is 4.91. The molecule has 92 valence electrons. The van der Waals surface area contributed by atoms with Crippen molar-refractivity contribution in [3.8, 4) is 0 Å². The van der Waals surface area contributed by atoms with Crippen LogP contribution in [0.2, 0.25) is 0 Å². The van der Waals surface area contributed by atoms with E-state index in [9.17, 15) is 9.59 Å². The van der Waals surface area contributed by atoms with Gasteiger partial charge in [0.15, 0.2) is 0 Å². The summed E-state index contributed by atoms with van der Waals surface area (Å²) >= 11 is 1.32. The number of nitrogens with zero attached hydrogens (tertiary/aromatic N) is 2. The summed E-state index contributed by atoms with van der Waals surface area (Å²) in [5, 5.41) is 0.391. The molecule has 0 fully saturated rings. The molecule has 1 aliphatic heterocycles. The Labute approximate surface area is 103 Å². The van der Waals surface area contributed by atoms with Crippen molar-refractivity contribution in [2.45, 2.75) is 26.8 Å². The molecule has 0 atom stereocenters. The highest BCUT2D eigenvalue weighted by atomic mass is 32.1. The van der Waals surface area contributed by atoms with Crippen molar-refractivity contribution < 1.29 is 14.3 Å². The highest BCUT2D eigenvalue weighted by Crippen LogP contribution is 2.25. The van der Waals surface area contributed by atoms with Crippen LogP contribution in [0.25, 0.3) is 0 Å². The third kappa shape index (κ3) is 2.46. The van der Waals surface area contributed by atoms with Crippen LogP contribution in [0.15, 0.2) is 0 Å². The molecule has 0 saturated carbocycles. The van der Waals surface area contributed by atoms with Crippen LogP contribution in [-0.2, 0) is 22.5 Å². The number of carbonyl (C=O) groups excluding carboxylic acids is 2. The average Bonchev–Trinajstić information content (AvgIpc) is 2.71. The van der Waals surface area contributed by atoms with Gasteiger partial charge in [0, 0.05) is 24.8 Å². The lowest BCUT2D eigenvalue weighted by molar-refractivity contribution is -0.129. The average molecular weight is 254 g/mol. The van der Waals surface area contributed by atoms with E-state index in [1.807, 2.05) is 0 Å². The van der Waals surface area contributed by atoms with E-state index in [1.54, 1.807) is 18.7 Å². The zero-order valence-electron chi connectivity index (χ0n) is 9.86. The summed E-state index contributed by atoms with van der Waals surface area (Å²) in [6.07, 6.45) is 0.713. The van der Waals surface area contributed by atoms with Crippen molar-refractivity contribution in [3.63, 3.8) is 0 Å². The van der Waals surface area contributed by atoms with Crippen LogP contribution in [-0.4, -0.2) is 34.9 Å². The fourth-order valence-corrected chi connectivity index (χ4v) is 2.76. The van der Waals surface area contributed by atoms with E-state index < -0.39 is 0 Å². The van der Waals surface area contributed by atoms with E-state index in [-0.39, 0.29) is 11.9 Å². The largest absolute Gasteiger partial charge is 0.461 e. The fraction of sp³-hybridized carbons (Fsp3) is 0.545. The molecule has 1 aromatic rings. The summed E-state index contributed by atoms with van der Waals surface area (Å²) in [5.41, 5.74) is 0.926. The second-order valence-corrected chi connectivity index (χ2v) is 4.88. The summed E-state index contributed by atoms with van der Waals surface area (Å²) in [5.74, 6) is -0.317. The second kappa shape index (κ2) is 4.83. The van der Waals surface area contributed by atoms with Gasteiger partial charge >= 0.3 is 5.97 Å². The number of hydrogen-bond donors (Lipinski definition) is 0. The molecule has 0 unspecified atom stereocenters. The van der Waals surface area contributed by atoms with Crippen LogP contribution >= 0.6 is 11.3 Å². The molecule has 0 aromatic carbocycles. The summed E-state index contributed by atoms with van der Waals surface area (Å²) in [4.78, 5) is 29.8. The van der Waals surface area contributed by atoms with Crippen molar-refractivity contribution in [1.29, 1.82) is 0 Å². The quantitative estimate of drug-likeness (QED) is 0.745. The summed E-state index contributed by atoms with van der Waals surface area (Å²) in [6.45, 7) is 4.90. The predicted molar refractivity (Wildman–Crippen MR) is 62.9 cm³/mol. The maximum atomic E-state index is 11.5. The molecule has 6 heteroatoms. The number of amides is 1. The van der Waals surface area contributed by atoms with Crippen LogP contribution in [0.5, 0.6) is 0 Å². The van der Waals surface area contributed by atoms with Crippen LogP contribution in [0.1, 0.15) is 34.2 Å². The molecule has 0 saturated heterocycles. The first-order valence-corrected chi connectivity index (χ1v) is 6.34. The monoisotopic (exact) mass is 254 g/mol. The first kappa shape index (κ1) is 12.0. The molecule has 0 N–H and O–H groups in total. The maximum absolute atomic E-state index is 11.5. The predicted octanol–water partition coefficient (Wildman–Crippen LogP) is 1.22. The number of rotatable bonds is 2. The van der Waals surface area contributed by atoms with Gasteiger partial charge in [-0.1, -0.05) is 0 Å². The highest BCUT2D eigenvalue weighted by Gasteiger charge is 2.24. The van der Waals surface area contributed by atoms with Crippen molar-refractivity contribution >= 4 is 23.2 Å². The van der Waals surface area contributed by atoms with E-state index in [1.165, 1.54) is 11.3 Å². The normalized spacial score (nSPS) is 14.4. The number of esters is 1. The highest BCUT2D eigenvalue weighted by molar-refractivity contribution is 7.13. The molecule has 0 spiro atoms. The van der Waals surface area contributed by atoms with Crippen molar-refractivity contribution in [2.24, 2.45) is 0 Å². The number of carbonyl (C=O) groups is 2. The lowest BCUT2D eigenvalue weighted by Crippen LogP contribution is -2.33. The topological polar surface area (TPSA) is 59.5 Å². The van der Waals surface area contributed by atoms with Gasteiger partial charge in [0.25, 0.3) is 0 Å². The van der Waals surface area contributed by atoms with Gasteiger partial charge in [-0.15, -0.1) is 11.3 Å². The molecule has 1 aromatic heterocycles. The molecule has 17 heavy (non-hydrogen) atoms. The summed E-state index contributed by atoms with van der Waals surface area (Å²) in [7, 11) is 0. The first-order valence-electron chi connectivity index (χ1n) is 5.53. The minimum absolute atomic E-state index is 0.0572. The standard InChI is InChI=1S/C11H14N2O3S/c1-3-16-11(15)10-12-8-4-5-13(7(2)14)6-9(8)17-10/h3-6H2,1-2H3. The Morgan fingerprint density at radius 3 is 2.94 bits per heavy atom. The SMILES string of the molecule is CCOC(=O)c1nc2c(s1)CN(C(C)=O)CC2. The molecule has 5 nitrogen and oxygen atoms in total. The zero-order chi connectivity index (χ0) is 12.4. The van der Waals surface area contributed by atoms with Crippen LogP contribution in [0, 0.1) is 0 Å². The third-order valence-electron chi connectivity index (χ3n) is 2.63. The Hall–Kier alpha value is -1.43. The Balaban J connectivity index is 2.17. The minimum atomic E-state index is -0.374. The number of hydrogen-bond acceptors (Lipinski definition) is 5. The molecule has 0 radical (unpaired) electrons. The molecule has 2 heterocycles. The molecule has 0 aliphatic carbocycles. The third-order valence-corrected chi connectivity index (χ3v) is 3.69. The molecule has 2 rings (SSSR count). The van der Waals surface area contributed by atoms with E-state index in [0.29, 0.717) is 31.1 Å². The Morgan fingerprint density at radius 1 is 1.53 bits per heavy atom. The second-order valence-electron chi connectivity index (χ2n) is 3.80. The van der Waals surface area contributed by atoms with Gasteiger partial charge in [-0.25, -0.2) is 9.78 Å². The Bertz CT molecular complexity index is 456. The minimum Gasteiger partial charge on any atom is -0.461 e. The van der Waals surface area contributed by atoms with Gasteiger partial charge in [-0.2, -0.15) is 0 Å². The van der Waals surface area contributed by atoms with Crippen LogP contribution in [0.3, 0.4) is 0 Å². The zero-order valence-corrected chi connectivity index (χ0v) is 10.7. The van der Waals surface area contributed by atoms with E-state index >= 15 is 0 Å². The fourth-order valence-electron chi connectivity index (χ4n) is 1.74. The van der Waals surface area contributed by atoms with Gasteiger partial charge in [-0.3, -0.25) is 4.79 Å². The smallest absolute Gasteiger partial charge is 0.367 e. The lowest BCUT2D eigenvalue weighted by Gasteiger charge is -2.24. The molecule has 0 bridgehead atoms. The van der Waals surface area contributed by atoms with Crippen molar-refractivity contribution in [1.82, 2.24) is 9.88 Å². The first-order chi connectivity index (χ1) is 8.11. The number of ether oxygens (including phenoxy) is 1. The van der Waals surface area contributed by atoms with E-state index in [4.69, 9.17) is 4.74 Å². The number of thiazole rings is 1. The molecular formula is C11H14N2O3S. The Kier molecular flexibility index (Phi) is 3.42. The molecule has 1 amide bonds. The lowest BCUT2D eigenvalue weighted by atomic mass is 10.2. The van der Waals surface area contributed by atoms with Crippen LogP contribution < -0.4 is 0 Å². The van der Waals surface area contributed by atoms with Gasteiger partial charge in [-0.05, 0) is 6.92 Å². The van der Waals surface area contributed by atoms with Gasteiger partial charge in [0.05, 0.1) is 18.8 Å². The molecule has 1 aliphatic rings. The van der Waals surface area contributed by atoms with Gasteiger partial charge < -0.3 is 9.64 Å². The maximum Gasteiger partial charge on any atom is 0.367 e. The van der Waals surface area contributed by atoms with Crippen molar-refractivity contribution in [3.05, 3.63) is 15.6 Å². The van der Waals surface area contributed by atoms with E-state index in [2.05, 4.69) is 4.98 Å². The van der Waals surface area contributed by atoms with Crippen LogP contribution in [0.4, 0.5) is 0 Å². The number of fused-ring (bicyclic) bond motifs is 1. The number of aromatic nitrogens is 1. The summed E-state index contributed by atoms with van der Waals surface area (Å²) in [6, 6.07) is 0. The van der Waals surface area contributed by atoms with Gasteiger partial charge in [0.2, 0.25) is 10.9 Å². The molecular weight excluding hydrogens is 240 g/mol. The van der Waals surface area contributed by atoms with Gasteiger partial charge in [0.1, 0.15) is 0 Å². The van der Waals surface area contributed by atoms with E-state index in [0.717, 1.165) is 10.6 Å². The Morgan fingerprint density at radius 2 is 2.29 bits per heavy atom.